The molecule has 2 N–H and O–H groups in total. The Balaban J connectivity index is 1.99. The highest BCUT2D eigenvalue weighted by molar-refractivity contribution is 6.31. The van der Waals surface area contributed by atoms with Crippen molar-refractivity contribution < 1.29 is 4.74 Å². The molecular formula is C14H24ClN3O. The van der Waals surface area contributed by atoms with E-state index < -0.39 is 0 Å². The maximum atomic E-state index is 6.33. The van der Waals surface area contributed by atoms with Crippen LogP contribution in [0.2, 0.25) is 5.02 Å². The fourth-order valence-electron chi connectivity index (χ4n) is 2.83. The average Bonchev–Trinajstić information content (AvgIpc) is 2.71. The van der Waals surface area contributed by atoms with E-state index in [1.165, 1.54) is 19.3 Å². The fraction of sp³-hybridized carbons (Fsp3) is 0.786. The summed E-state index contributed by atoms with van der Waals surface area (Å²) in [5, 5.41) is 5.17. The third-order valence-electron chi connectivity index (χ3n) is 4.08. The van der Waals surface area contributed by atoms with Crippen LogP contribution in [-0.2, 0) is 24.8 Å². The number of nitrogens with zero attached hydrogens (tertiary/aromatic N) is 2. The van der Waals surface area contributed by atoms with Gasteiger partial charge in [0.1, 0.15) is 0 Å². The van der Waals surface area contributed by atoms with Gasteiger partial charge in [-0.1, -0.05) is 31.4 Å². The van der Waals surface area contributed by atoms with Gasteiger partial charge in [-0.2, -0.15) is 5.10 Å². The zero-order valence-electron chi connectivity index (χ0n) is 11.9. The molecule has 1 aromatic heterocycles. The van der Waals surface area contributed by atoms with Crippen LogP contribution in [-0.4, -0.2) is 22.4 Å². The van der Waals surface area contributed by atoms with E-state index in [0.29, 0.717) is 19.1 Å². The number of aromatic nitrogens is 2. The summed E-state index contributed by atoms with van der Waals surface area (Å²) in [6, 6.07) is 0. The topological polar surface area (TPSA) is 53.1 Å². The lowest BCUT2D eigenvalue weighted by molar-refractivity contribution is -0.0206. The summed E-state index contributed by atoms with van der Waals surface area (Å²) in [4.78, 5) is 0. The molecule has 108 valence electrons. The van der Waals surface area contributed by atoms with E-state index >= 15 is 0 Å². The first-order valence-electron chi connectivity index (χ1n) is 7.19. The van der Waals surface area contributed by atoms with Gasteiger partial charge in [0.2, 0.25) is 0 Å². The highest BCUT2D eigenvalue weighted by Gasteiger charge is 2.25. The van der Waals surface area contributed by atoms with Crippen molar-refractivity contribution in [1.29, 1.82) is 0 Å². The van der Waals surface area contributed by atoms with Crippen LogP contribution in [0.25, 0.3) is 0 Å². The minimum absolute atomic E-state index is 0.273. The molecule has 0 amide bonds. The van der Waals surface area contributed by atoms with Crippen molar-refractivity contribution in [2.75, 3.05) is 6.54 Å². The minimum atomic E-state index is 0.273. The van der Waals surface area contributed by atoms with Crippen molar-refractivity contribution in [1.82, 2.24) is 9.78 Å². The Bertz CT molecular complexity index is 419. The normalized spacial score (nSPS) is 23.8. The monoisotopic (exact) mass is 285 g/mol. The van der Waals surface area contributed by atoms with Crippen molar-refractivity contribution in [2.24, 2.45) is 18.7 Å². The number of hydrogen-bond donors (Lipinski definition) is 1. The van der Waals surface area contributed by atoms with Crippen molar-refractivity contribution in [2.45, 2.75) is 51.7 Å². The predicted octanol–water partition coefficient (Wildman–Crippen LogP) is 2.67. The molecule has 2 rings (SSSR count). The van der Waals surface area contributed by atoms with Crippen LogP contribution in [0.1, 0.15) is 44.0 Å². The largest absolute Gasteiger partial charge is 0.372 e. The Kier molecular flexibility index (Phi) is 5.25. The molecule has 0 bridgehead atoms. The molecule has 0 aliphatic heterocycles. The standard InChI is InChI=1S/C14H24ClN3O/c1-3-11-14(15)12(18(2)17-11)9-19-13-7-5-4-6-10(13)8-16/h10,13H,3-9,16H2,1-2H3. The van der Waals surface area contributed by atoms with Gasteiger partial charge in [-0.25, -0.2) is 0 Å². The molecule has 0 saturated heterocycles. The van der Waals surface area contributed by atoms with Crippen molar-refractivity contribution >= 4 is 11.6 Å². The van der Waals surface area contributed by atoms with Gasteiger partial charge in [-0.05, 0) is 31.7 Å². The molecule has 0 radical (unpaired) electrons. The summed E-state index contributed by atoms with van der Waals surface area (Å²) >= 11 is 6.33. The van der Waals surface area contributed by atoms with E-state index in [-0.39, 0.29) is 6.10 Å². The molecular weight excluding hydrogens is 262 g/mol. The lowest BCUT2D eigenvalue weighted by Crippen LogP contribution is -2.33. The Labute approximate surface area is 120 Å². The van der Waals surface area contributed by atoms with Gasteiger partial charge in [-0.15, -0.1) is 0 Å². The van der Waals surface area contributed by atoms with E-state index in [2.05, 4.69) is 12.0 Å². The minimum Gasteiger partial charge on any atom is -0.372 e. The predicted molar refractivity (Wildman–Crippen MR) is 77.2 cm³/mol. The maximum absolute atomic E-state index is 6.33. The van der Waals surface area contributed by atoms with Crippen LogP contribution in [0.4, 0.5) is 0 Å². The first-order valence-corrected chi connectivity index (χ1v) is 7.57. The number of nitrogens with two attached hydrogens (primary N) is 1. The zero-order valence-corrected chi connectivity index (χ0v) is 12.6. The molecule has 0 spiro atoms. The summed E-state index contributed by atoms with van der Waals surface area (Å²) in [6.07, 6.45) is 5.92. The van der Waals surface area contributed by atoms with Gasteiger partial charge in [0.15, 0.2) is 0 Å². The van der Waals surface area contributed by atoms with Crippen molar-refractivity contribution in [3.8, 4) is 0 Å². The third-order valence-corrected chi connectivity index (χ3v) is 4.52. The summed E-state index contributed by atoms with van der Waals surface area (Å²) in [5.74, 6) is 0.492. The molecule has 0 aromatic carbocycles. The summed E-state index contributed by atoms with van der Waals surface area (Å²) in [7, 11) is 1.92. The van der Waals surface area contributed by atoms with Crippen molar-refractivity contribution in [3.63, 3.8) is 0 Å². The summed E-state index contributed by atoms with van der Waals surface area (Å²) in [6.45, 7) is 3.30. The lowest BCUT2D eigenvalue weighted by Gasteiger charge is -2.30. The third kappa shape index (κ3) is 3.30. The second-order valence-electron chi connectivity index (χ2n) is 5.31. The fourth-order valence-corrected chi connectivity index (χ4v) is 3.17. The summed E-state index contributed by atoms with van der Waals surface area (Å²) in [5.41, 5.74) is 7.74. The average molecular weight is 286 g/mol. The van der Waals surface area contributed by atoms with Crippen LogP contribution >= 0.6 is 11.6 Å². The second-order valence-corrected chi connectivity index (χ2v) is 5.69. The van der Waals surface area contributed by atoms with Crippen LogP contribution in [0.15, 0.2) is 0 Å². The van der Waals surface area contributed by atoms with E-state index in [0.717, 1.165) is 29.3 Å². The van der Waals surface area contributed by atoms with E-state index in [1.807, 2.05) is 11.7 Å². The maximum Gasteiger partial charge on any atom is 0.0903 e. The number of aryl methyl sites for hydroxylation is 2. The highest BCUT2D eigenvalue weighted by atomic mass is 35.5. The molecule has 1 heterocycles. The van der Waals surface area contributed by atoms with Gasteiger partial charge >= 0.3 is 0 Å². The Morgan fingerprint density at radius 3 is 2.79 bits per heavy atom. The van der Waals surface area contributed by atoms with Gasteiger partial charge < -0.3 is 10.5 Å². The molecule has 1 aromatic rings. The second kappa shape index (κ2) is 6.73. The van der Waals surface area contributed by atoms with Gasteiger partial charge in [0.25, 0.3) is 0 Å². The Morgan fingerprint density at radius 1 is 1.42 bits per heavy atom. The van der Waals surface area contributed by atoms with Crippen LogP contribution in [0, 0.1) is 5.92 Å². The molecule has 1 aliphatic carbocycles. The SMILES string of the molecule is CCc1nn(C)c(COC2CCCCC2CN)c1Cl. The molecule has 4 nitrogen and oxygen atoms in total. The Morgan fingerprint density at radius 2 is 2.16 bits per heavy atom. The van der Waals surface area contributed by atoms with Gasteiger partial charge in [0, 0.05) is 7.05 Å². The first kappa shape index (κ1) is 14.8. The number of hydrogen-bond acceptors (Lipinski definition) is 3. The van der Waals surface area contributed by atoms with Crippen molar-refractivity contribution in [3.05, 3.63) is 16.4 Å². The van der Waals surface area contributed by atoms with E-state index in [9.17, 15) is 0 Å². The number of rotatable bonds is 5. The summed E-state index contributed by atoms with van der Waals surface area (Å²) < 4.78 is 7.90. The number of halogens is 1. The molecule has 1 saturated carbocycles. The van der Waals surface area contributed by atoms with Crippen LogP contribution < -0.4 is 5.73 Å². The highest BCUT2D eigenvalue weighted by Crippen LogP contribution is 2.28. The lowest BCUT2D eigenvalue weighted by atomic mass is 9.86. The molecule has 5 heteroatoms. The quantitative estimate of drug-likeness (QED) is 0.905. The Hall–Kier alpha value is -0.580. The zero-order chi connectivity index (χ0) is 13.8. The van der Waals surface area contributed by atoms with E-state index in [1.54, 1.807) is 0 Å². The van der Waals surface area contributed by atoms with Crippen LogP contribution in [0.3, 0.4) is 0 Å². The van der Waals surface area contributed by atoms with E-state index in [4.69, 9.17) is 22.1 Å². The smallest absolute Gasteiger partial charge is 0.0903 e. The van der Waals surface area contributed by atoms with Gasteiger partial charge in [0.05, 0.1) is 29.1 Å². The molecule has 2 unspecified atom stereocenters. The molecule has 19 heavy (non-hydrogen) atoms. The van der Waals surface area contributed by atoms with Crippen LogP contribution in [0.5, 0.6) is 0 Å². The van der Waals surface area contributed by atoms with Gasteiger partial charge in [-0.3, -0.25) is 4.68 Å². The first-order chi connectivity index (χ1) is 9.17. The molecule has 2 atom stereocenters. The number of ether oxygens (including phenoxy) is 1. The molecule has 1 aliphatic rings. The molecule has 1 fully saturated rings.